The molecule has 1 aromatic rings. The number of phenols is 1. The van der Waals surface area contributed by atoms with Crippen molar-refractivity contribution in [3.63, 3.8) is 0 Å². The third-order valence-corrected chi connectivity index (χ3v) is 4.34. The number of aromatic hydroxyl groups is 1. The van der Waals surface area contributed by atoms with Crippen molar-refractivity contribution < 1.29 is 9.90 Å². The van der Waals surface area contributed by atoms with Crippen molar-refractivity contribution in [1.82, 2.24) is 0 Å². The van der Waals surface area contributed by atoms with Crippen LogP contribution in [0.3, 0.4) is 0 Å². The first-order chi connectivity index (χ1) is 10.6. The molecule has 22 heavy (non-hydrogen) atoms. The molecule has 0 bridgehead atoms. The van der Waals surface area contributed by atoms with Gasteiger partial charge in [0.2, 0.25) is 0 Å². The summed E-state index contributed by atoms with van der Waals surface area (Å²) >= 11 is 11.7. The van der Waals surface area contributed by atoms with Crippen molar-refractivity contribution in [2.45, 2.75) is 71.1 Å². The van der Waals surface area contributed by atoms with Gasteiger partial charge >= 0.3 is 0 Å². The van der Waals surface area contributed by atoms with Gasteiger partial charge in [0, 0.05) is 11.4 Å². The van der Waals surface area contributed by atoms with E-state index in [1.807, 2.05) is 0 Å². The number of benzene rings is 1. The minimum atomic E-state index is -0.160. The fourth-order valence-electron chi connectivity index (χ4n) is 2.51. The number of carbonyl (C=O) groups is 1. The van der Waals surface area contributed by atoms with E-state index in [0.29, 0.717) is 11.4 Å². The SMILES string of the molecule is CCCCCCCCCCCC(=O)c1cc(Cl)cc(Cl)c1O. The van der Waals surface area contributed by atoms with E-state index in [4.69, 9.17) is 23.2 Å². The highest BCUT2D eigenvalue weighted by Gasteiger charge is 2.14. The van der Waals surface area contributed by atoms with Crippen LogP contribution in [0.2, 0.25) is 10.0 Å². The highest BCUT2D eigenvalue weighted by Crippen LogP contribution is 2.32. The largest absolute Gasteiger partial charge is 0.506 e. The van der Waals surface area contributed by atoms with Crippen molar-refractivity contribution in [3.8, 4) is 5.75 Å². The molecule has 0 radical (unpaired) electrons. The number of ketones is 1. The van der Waals surface area contributed by atoms with Crippen LogP contribution in [0.15, 0.2) is 12.1 Å². The Balaban J connectivity index is 2.21. The third-order valence-electron chi connectivity index (χ3n) is 3.84. The molecule has 0 aliphatic carbocycles. The third kappa shape index (κ3) is 7.02. The molecule has 0 aromatic heterocycles. The van der Waals surface area contributed by atoms with Gasteiger partial charge in [-0.2, -0.15) is 0 Å². The Bertz CT molecular complexity index is 472. The predicted octanol–water partition coefficient (Wildman–Crippen LogP) is 6.80. The van der Waals surface area contributed by atoms with E-state index in [2.05, 4.69) is 6.92 Å². The molecule has 0 amide bonds. The summed E-state index contributed by atoms with van der Waals surface area (Å²) < 4.78 is 0. The van der Waals surface area contributed by atoms with Crippen LogP contribution in [0.25, 0.3) is 0 Å². The molecule has 0 saturated heterocycles. The highest BCUT2D eigenvalue weighted by atomic mass is 35.5. The lowest BCUT2D eigenvalue weighted by atomic mass is 10.0. The van der Waals surface area contributed by atoms with E-state index in [1.54, 1.807) is 0 Å². The monoisotopic (exact) mass is 344 g/mol. The summed E-state index contributed by atoms with van der Waals surface area (Å²) in [6, 6.07) is 2.92. The fourth-order valence-corrected chi connectivity index (χ4v) is 3.00. The second-order valence-electron chi connectivity index (χ2n) is 5.79. The molecule has 0 fully saturated rings. The second kappa shape index (κ2) is 10.9. The van der Waals surface area contributed by atoms with Crippen LogP contribution in [0.5, 0.6) is 5.75 Å². The maximum Gasteiger partial charge on any atom is 0.166 e. The van der Waals surface area contributed by atoms with Gasteiger partial charge < -0.3 is 5.11 Å². The van der Waals surface area contributed by atoms with Crippen molar-refractivity contribution in [3.05, 3.63) is 27.7 Å². The van der Waals surface area contributed by atoms with Crippen LogP contribution < -0.4 is 0 Å². The Morgan fingerprint density at radius 1 is 0.955 bits per heavy atom. The molecule has 0 aliphatic rings. The van der Waals surface area contributed by atoms with Gasteiger partial charge in [0.1, 0.15) is 5.75 Å². The number of hydrogen-bond donors (Lipinski definition) is 1. The van der Waals surface area contributed by atoms with Crippen molar-refractivity contribution >= 4 is 29.0 Å². The summed E-state index contributed by atoms with van der Waals surface area (Å²) in [5, 5.41) is 10.3. The van der Waals surface area contributed by atoms with E-state index in [9.17, 15) is 9.90 Å². The number of phenolic OH excluding ortho intramolecular Hbond substituents is 1. The maximum atomic E-state index is 12.1. The van der Waals surface area contributed by atoms with Crippen molar-refractivity contribution in [2.24, 2.45) is 0 Å². The van der Waals surface area contributed by atoms with E-state index in [0.717, 1.165) is 12.8 Å². The number of Topliss-reactive ketones (excluding diaryl/α,β-unsaturated/α-hetero) is 1. The smallest absolute Gasteiger partial charge is 0.166 e. The van der Waals surface area contributed by atoms with E-state index < -0.39 is 0 Å². The minimum absolute atomic E-state index is 0.0927. The standard InChI is InChI=1S/C18H26Cl2O2/c1-2-3-4-5-6-7-8-9-10-11-17(21)15-12-14(19)13-16(20)18(15)22/h12-13,22H,2-11H2,1H3. The number of unbranched alkanes of at least 4 members (excludes halogenated alkanes) is 8. The zero-order chi connectivity index (χ0) is 16.4. The van der Waals surface area contributed by atoms with Crippen molar-refractivity contribution in [1.29, 1.82) is 0 Å². The first-order valence-electron chi connectivity index (χ1n) is 8.27. The van der Waals surface area contributed by atoms with E-state index in [-0.39, 0.29) is 22.1 Å². The molecule has 0 spiro atoms. The van der Waals surface area contributed by atoms with Crippen LogP contribution in [-0.4, -0.2) is 10.9 Å². The van der Waals surface area contributed by atoms with Crippen molar-refractivity contribution in [2.75, 3.05) is 0 Å². The van der Waals surface area contributed by atoms with Gasteiger partial charge in [0.25, 0.3) is 0 Å². The van der Waals surface area contributed by atoms with Gasteiger partial charge in [0.15, 0.2) is 5.78 Å². The first-order valence-corrected chi connectivity index (χ1v) is 9.03. The molecule has 0 aliphatic heterocycles. The average molecular weight is 345 g/mol. The summed E-state index contributed by atoms with van der Waals surface area (Å²) in [5.74, 6) is -0.253. The summed E-state index contributed by atoms with van der Waals surface area (Å²) in [5.41, 5.74) is 0.233. The van der Waals surface area contributed by atoms with Crippen LogP contribution >= 0.6 is 23.2 Å². The summed E-state index contributed by atoms with van der Waals surface area (Å²) in [4.78, 5) is 12.1. The van der Waals surface area contributed by atoms with Crippen LogP contribution in [0, 0.1) is 0 Å². The number of halogens is 2. The molecular formula is C18H26Cl2O2. The summed E-state index contributed by atoms with van der Waals surface area (Å²) in [7, 11) is 0. The topological polar surface area (TPSA) is 37.3 Å². The number of rotatable bonds is 11. The molecule has 124 valence electrons. The van der Waals surface area contributed by atoms with Crippen LogP contribution in [0.1, 0.15) is 81.5 Å². The minimum Gasteiger partial charge on any atom is -0.506 e. The van der Waals surface area contributed by atoms with E-state index >= 15 is 0 Å². The lowest BCUT2D eigenvalue weighted by molar-refractivity contribution is 0.0976. The van der Waals surface area contributed by atoms with Gasteiger partial charge in [-0.1, -0.05) is 81.5 Å². The Hall–Kier alpha value is -0.730. The Kier molecular flexibility index (Phi) is 9.58. The van der Waals surface area contributed by atoms with E-state index in [1.165, 1.54) is 57.1 Å². The highest BCUT2D eigenvalue weighted by molar-refractivity contribution is 6.36. The quantitative estimate of drug-likeness (QED) is 0.353. The molecule has 4 heteroatoms. The van der Waals surface area contributed by atoms with Gasteiger partial charge in [-0.3, -0.25) is 4.79 Å². The predicted molar refractivity (Wildman–Crippen MR) is 94.3 cm³/mol. The Morgan fingerprint density at radius 3 is 2.09 bits per heavy atom. The molecule has 1 rings (SSSR count). The summed E-state index contributed by atoms with van der Waals surface area (Å²) in [6.45, 7) is 2.22. The Morgan fingerprint density at radius 2 is 1.50 bits per heavy atom. The lowest BCUT2D eigenvalue weighted by Gasteiger charge is -2.06. The molecule has 0 heterocycles. The van der Waals surface area contributed by atoms with Crippen LogP contribution in [-0.2, 0) is 0 Å². The van der Waals surface area contributed by atoms with Gasteiger partial charge in [-0.15, -0.1) is 0 Å². The normalized spacial score (nSPS) is 10.9. The zero-order valence-corrected chi connectivity index (χ0v) is 14.8. The van der Waals surface area contributed by atoms with Gasteiger partial charge in [0.05, 0.1) is 10.6 Å². The maximum absolute atomic E-state index is 12.1. The molecule has 0 saturated carbocycles. The average Bonchev–Trinajstić information content (AvgIpc) is 2.49. The molecule has 1 aromatic carbocycles. The lowest BCUT2D eigenvalue weighted by Crippen LogP contribution is -2.00. The van der Waals surface area contributed by atoms with Gasteiger partial charge in [-0.25, -0.2) is 0 Å². The Labute approximate surface area is 143 Å². The molecule has 0 unspecified atom stereocenters. The molecule has 0 atom stereocenters. The molecular weight excluding hydrogens is 319 g/mol. The van der Waals surface area contributed by atoms with Crippen LogP contribution in [0.4, 0.5) is 0 Å². The first kappa shape index (κ1) is 19.3. The molecule has 1 N–H and O–H groups in total. The summed E-state index contributed by atoms with van der Waals surface area (Å²) in [6.07, 6.45) is 11.3. The van der Waals surface area contributed by atoms with Gasteiger partial charge in [-0.05, 0) is 18.6 Å². The second-order valence-corrected chi connectivity index (χ2v) is 6.63. The number of carbonyl (C=O) groups excluding carboxylic acids is 1. The number of hydrogen-bond acceptors (Lipinski definition) is 2. The fraction of sp³-hybridized carbons (Fsp3) is 0.611. The zero-order valence-electron chi connectivity index (χ0n) is 13.3. The molecule has 2 nitrogen and oxygen atoms in total.